The molecule has 0 heterocycles. The van der Waals surface area contributed by atoms with Crippen molar-refractivity contribution in [1.82, 2.24) is 0 Å². The first-order chi connectivity index (χ1) is 8.47. The summed E-state index contributed by atoms with van der Waals surface area (Å²) in [6, 6.07) is 14.8. The molecular weight excluding hydrogens is 267 g/mol. The lowest BCUT2D eigenvalue weighted by Crippen LogP contribution is -2.24. The van der Waals surface area contributed by atoms with Crippen molar-refractivity contribution in [2.45, 2.75) is 18.9 Å². The van der Waals surface area contributed by atoms with Gasteiger partial charge in [0, 0.05) is 16.5 Å². The number of halogens is 2. The minimum absolute atomic E-state index is 0.494. The van der Waals surface area contributed by atoms with E-state index in [9.17, 15) is 5.11 Å². The lowest BCUT2D eigenvalue weighted by molar-refractivity contribution is 0.0576. The van der Waals surface area contributed by atoms with E-state index in [2.05, 4.69) is 0 Å². The van der Waals surface area contributed by atoms with Gasteiger partial charge in [-0.2, -0.15) is 0 Å². The van der Waals surface area contributed by atoms with Gasteiger partial charge in [0.25, 0.3) is 0 Å². The van der Waals surface area contributed by atoms with Gasteiger partial charge in [-0.05, 0) is 42.3 Å². The van der Waals surface area contributed by atoms with E-state index in [1.807, 2.05) is 36.4 Å². The van der Waals surface area contributed by atoms with E-state index in [1.165, 1.54) is 0 Å². The van der Waals surface area contributed by atoms with E-state index in [-0.39, 0.29) is 0 Å². The lowest BCUT2D eigenvalue weighted by Gasteiger charge is -2.24. The van der Waals surface area contributed by atoms with Crippen LogP contribution in [0, 0.1) is 0 Å². The molecule has 94 valence electrons. The van der Waals surface area contributed by atoms with Crippen LogP contribution in [0.3, 0.4) is 0 Å². The predicted octanol–water partition coefficient (Wildman–Crippen LogP) is 4.44. The summed E-state index contributed by atoms with van der Waals surface area (Å²) in [5, 5.41) is 11.9. The maximum Gasteiger partial charge on any atom is 0.0909 e. The minimum Gasteiger partial charge on any atom is -0.385 e. The van der Waals surface area contributed by atoms with Crippen LogP contribution < -0.4 is 0 Å². The maximum absolute atomic E-state index is 10.6. The summed E-state index contributed by atoms with van der Waals surface area (Å²) in [6.07, 6.45) is 0.494. The zero-order valence-corrected chi connectivity index (χ0v) is 11.5. The van der Waals surface area contributed by atoms with Gasteiger partial charge in [-0.1, -0.05) is 47.5 Å². The van der Waals surface area contributed by atoms with Crippen LogP contribution in [-0.4, -0.2) is 5.11 Å². The molecule has 1 nitrogen and oxygen atoms in total. The Morgan fingerprint density at radius 1 is 1.00 bits per heavy atom. The predicted molar refractivity (Wildman–Crippen MR) is 76.2 cm³/mol. The third-order valence-corrected chi connectivity index (χ3v) is 3.35. The summed E-state index contributed by atoms with van der Waals surface area (Å²) >= 11 is 11.9. The molecule has 18 heavy (non-hydrogen) atoms. The third kappa shape index (κ3) is 3.26. The van der Waals surface area contributed by atoms with Crippen LogP contribution in [-0.2, 0) is 12.0 Å². The molecule has 3 heteroatoms. The number of hydrogen-bond acceptors (Lipinski definition) is 1. The van der Waals surface area contributed by atoms with Crippen LogP contribution >= 0.6 is 23.2 Å². The molecule has 1 N–H and O–H groups in total. The van der Waals surface area contributed by atoms with Crippen LogP contribution in [0.15, 0.2) is 48.5 Å². The summed E-state index contributed by atoms with van der Waals surface area (Å²) in [4.78, 5) is 0. The number of aliphatic hydroxyl groups is 1. The normalized spacial score (nSPS) is 14.2. The summed E-state index contributed by atoms with van der Waals surface area (Å²) < 4.78 is 0. The molecule has 0 aliphatic rings. The Kier molecular flexibility index (Phi) is 3.96. The van der Waals surface area contributed by atoms with Gasteiger partial charge in [-0.15, -0.1) is 0 Å². The van der Waals surface area contributed by atoms with Crippen LogP contribution in [0.2, 0.25) is 10.0 Å². The Balaban J connectivity index is 2.26. The standard InChI is InChI=1S/C15H14Cl2O/c1-15(18,12-5-3-7-14(17)9-12)10-11-4-2-6-13(16)8-11/h2-9,18H,10H2,1H3. The molecule has 1 atom stereocenters. The van der Waals surface area contributed by atoms with Crippen LogP contribution in [0.4, 0.5) is 0 Å². The summed E-state index contributed by atoms with van der Waals surface area (Å²) in [5.41, 5.74) is 0.831. The highest BCUT2D eigenvalue weighted by Gasteiger charge is 2.23. The molecule has 0 amide bonds. The van der Waals surface area contributed by atoms with Crippen molar-refractivity contribution >= 4 is 23.2 Å². The maximum atomic E-state index is 10.6. The monoisotopic (exact) mass is 280 g/mol. The van der Waals surface area contributed by atoms with Crippen molar-refractivity contribution in [2.24, 2.45) is 0 Å². The van der Waals surface area contributed by atoms with Crippen molar-refractivity contribution in [3.8, 4) is 0 Å². The molecule has 2 aromatic carbocycles. The average Bonchev–Trinajstić information content (AvgIpc) is 2.28. The largest absolute Gasteiger partial charge is 0.385 e. The van der Waals surface area contributed by atoms with Gasteiger partial charge in [0.05, 0.1) is 5.60 Å². The quantitative estimate of drug-likeness (QED) is 0.881. The number of rotatable bonds is 3. The first-order valence-electron chi connectivity index (χ1n) is 5.70. The van der Waals surface area contributed by atoms with Gasteiger partial charge in [-0.3, -0.25) is 0 Å². The molecule has 0 bridgehead atoms. The van der Waals surface area contributed by atoms with Gasteiger partial charge in [0.15, 0.2) is 0 Å². The molecule has 0 aliphatic heterocycles. The van der Waals surface area contributed by atoms with E-state index in [0.29, 0.717) is 16.5 Å². The lowest BCUT2D eigenvalue weighted by atomic mass is 9.89. The van der Waals surface area contributed by atoms with Gasteiger partial charge in [-0.25, -0.2) is 0 Å². The SMILES string of the molecule is CC(O)(Cc1cccc(Cl)c1)c1cccc(Cl)c1. The first kappa shape index (κ1) is 13.4. The molecule has 0 spiro atoms. The number of benzene rings is 2. The zero-order chi connectivity index (χ0) is 13.2. The first-order valence-corrected chi connectivity index (χ1v) is 6.46. The Hall–Kier alpha value is -1.02. The highest BCUT2D eigenvalue weighted by atomic mass is 35.5. The summed E-state index contributed by atoms with van der Waals surface area (Å²) in [6.45, 7) is 1.78. The summed E-state index contributed by atoms with van der Waals surface area (Å²) in [7, 11) is 0. The van der Waals surface area contributed by atoms with E-state index < -0.39 is 5.60 Å². The highest BCUT2D eigenvalue weighted by Crippen LogP contribution is 2.28. The fraction of sp³-hybridized carbons (Fsp3) is 0.200. The molecular formula is C15H14Cl2O. The molecule has 0 aromatic heterocycles. The van der Waals surface area contributed by atoms with Crippen molar-refractivity contribution in [3.05, 3.63) is 69.7 Å². The molecule has 1 unspecified atom stereocenters. The van der Waals surface area contributed by atoms with Crippen LogP contribution in [0.25, 0.3) is 0 Å². The van der Waals surface area contributed by atoms with Gasteiger partial charge in [0.1, 0.15) is 0 Å². The fourth-order valence-corrected chi connectivity index (χ4v) is 2.37. The van der Waals surface area contributed by atoms with Gasteiger partial charge < -0.3 is 5.11 Å². The molecule has 0 aliphatic carbocycles. The second-order valence-electron chi connectivity index (χ2n) is 4.59. The topological polar surface area (TPSA) is 20.2 Å². The molecule has 2 aromatic rings. The van der Waals surface area contributed by atoms with Crippen molar-refractivity contribution in [1.29, 1.82) is 0 Å². The second-order valence-corrected chi connectivity index (χ2v) is 5.46. The summed E-state index contributed by atoms with van der Waals surface area (Å²) in [5.74, 6) is 0. The van der Waals surface area contributed by atoms with Crippen molar-refractivity contribution in [2.75, 3.05) is 0 Å². The third-order valence-electron chi connectivity index (χ3n) is 2.88. The second kappa shape index (κ2) is 5.31. The smallest absolute Gasteiger partial charge is 0.0909 e. The molecule has 0 fully saturated rings. The molecule has 2 rings (SSSR count). The van der Waals surface area contributed by atoms with Crippen molar-refractivity contribution in [3.63, 3.8) is 0 Å². The Bertz CT molecular complexity index is 550. The van der Waals surface area contributed by atoms with Crippen LogP contribution in [0.1, 0.15) is 18.1 Å². The minimum atomic E-state index is -0.963. The Labute approximate surface area is 117 Å². The van der Waals surface area contributed by atoms with E-state index in [1.54, 1.807) is 19.1 Å². The van der Waals surface area contributed by atoms with E-state index in [0.717, 1.165) is 11.1 Å². The van der Waals surface area contributed by atoms with Crippen LogP contribution in [0.5, 0.6) is 0 Å². The van der Waals surface area contributed by atoms with Gasteiger partial charge in [0.2, 0.25) is 0 Å². The number of hydrogen-bond donors (Lipinski definition) is 1. The Morgan fingerprint density at radius 2 is 1.61 bits per heavy atom. The fourth-order valence-electron chi connectivity index (χ4n) is 1.97. The molecule has 0 saturated carbocycles. The van der Waals surface area contributed by atoms with E-state index in [4.69, 9.17) is 23.2 Å². The highest BCUT2D eigenvalue weighted by molar-refractivity contribution is 6.30. The average molecular weight is 281 g/mol. The Morgan fingerprint density at radius 3 is 2.22 bits per heavy atom. The van der Waals surface area contributed by atoms with Gasteiger partial charge >= 0.3 is 0 Å². The molecule has 0 radical (unpaired) electrons. The molecule has 0 saturated heterocycles. The van der Waals surface area contributed by atoms with Crippen molar-refractivity contribution < 1.29 is 5.11 Å². The van der Waals surface area contributed by atoms with E-state index >= 15 is 0 Å². The zero-order valence-electron chi connectivity index (χ0n) is 10.0.